The number of rotatable bonds is 8. The third kappa shape index (κ3) is 6.07. The number of ether oxygens (including phenoxy) is 1. The quantitative estimate of drug-likeness (QED) is 0.524. The van der Waals surface area contributed by atoms with E-state index in [1.807, 2.05) is 6.92 Å². The first-order chi connectivity index (χ1) is 13.4. The minimum absolute atomic E-state index is 0.113. The molecule has 1 aromatic rings. The molecule has 1 amide bonds. The molecule has 2 N–H and O–H groups in total. The summed E-state index contributed by atoms with van der Waals surface area (Å²) in [5.41, 5.74) is 0.361. The predicted octanol–water partition coefficient (Wildman–Crippen LogP) is 2.99. The lowest BCUT2D eigenvalue weighted by Gasteiger charge is -2.31. The van der Waals surface area contributed by atoms with Crippen LogP contribution in [0.1, 0.15) is 38.2 Å². The van der Waals surface area contributed by atoms with Crippen molar-refractivity contribution in [1.29, 1.82) is 0 Å². The summed E-state index contributed by atoms with van der Waals surface area (Å²) in [5, 5.41) is 6.47. The number of amides is 1. The number of carbonyl (C=O) groups excluding carboxylic acids is 1. The Kier molecular flexibility index (Phi) is 8.02. The Morgan fingerprint density at radius 1 is 1.29 bits per heavy atom. The van der Waals surface area contributed by atoms with Gasteiger partial charge in [-0.25, -0.2) is 4.99 Å². The normalized spacial score (nSPS) is 16.1. The van der Waals surface area contributed by atoms with Crippen LogP contribution < -0.4 is 15.4 Å². The summed E-state index contributed by atoms with van der Waals surface area (Å²) < 4.78 is 29.2. The van der Waals surface area contributed by atoms with Crippen LogP contribution >= 0.6 is 0 Å². The molecule has 1 fully saturated rings. The smallest absolute Gasteiger partial charge is 0.387 e. The Balaban J connectivity index is 2.05. The molecule has 0 bridgehead atoms. The van der Waals surface area contributed by atoms with Crippen molar-refractivity contribution in [2.45, 2.75) is 45.8 Å². The molecule has 0 aliphatic heterocycles. The fourth-order valence-electron chi connectivity index (χ4n) is 3.58. The molecule has 1 aliphatic carbocycles. The van der Waals surface area contributed by atoms with E-state index < -0.39 is 12.0 Å². The van der Waals surface area contributed by atoms with Crippen molar-refractivity contribution in [3.05, 3.63) is 29.8 Å². The Morgan fingerprint density at radius 3 is 2.61 bits per heavy atom. The van der Waals surface area contributed by atoms with E-state index in [9.17, 15) is 13.6 Å². The summed E-state index contributed by atoms with van der Waals surface area (Å²) in [6, 6.07) is 6.50. The van der Waals surface area contributed by atoms with Crippen molar-refractivity contribution in [3.63, 3.8) is 0 Å². The average molecular weight is 396 g/mol. The lowest BCUT2D eigenvalue weighted by molar-refractivity contribution is -0.138. The zero-order chi connectivity index (χ0) is 20.6. The Labute approximate surface area is 165 Å². The highest BCUT2D eigenvalue weighted by Gasteiger charge is 2.42. The zero-order valence-corrected chi connectivity index (χ0v) is 16.8. The van der Waals surface area contributed by atoms with E-state index in [0.29, 0.717) is 25.6 Å². The SMILES string of the molecule is CCNC(=NCc1cccc(OC(F)F)c1)NCC1(C(=O)N(C)C)CCCC1. The van der Waals surface area contributed by atoms with Crippen LogP contribution in [0.3, 0.4) is 0 Å². The molecule has 0 heterocycles. The van der Waals surface area contributed by atoms with E-state index in [-0.39, 0.29) is 11.7 Å². The van der Waals surface area contributed by atoms with Gasteiger partial charge in [0.25, 0.3) is 0 Å². The van der Waals surface area contributed by atoms with Crippen molar-refractivity contribution in [1.82, 2.24) is 15.5 Å². The lowest BCUT2D eigenvalue weighted by Crippen LogP contribution is -2.49. The molecule has 1 aromatic carbocycles. The van der Waals surface area contributed by atoms with E-state index in [4.69, 9.17) is 0 Å². The van der Waals surface area contributed by atoms with Gasteiger partial charge in [0.05, 0.1) is 12.0 Å². The average Bonchev–Trinajstić information content (AvgIpc) is 3.13. The van der Waals surface area contributed by atoms with Crippen LogP contribution in [0.5, 0.6) is 5.75 Å². The minimum atomic E-state index is -2.85. The summed E-state index contributed by atoms with van der Waals surface area (Å²) in [7, 11) is 3.58. The maximum Gasteiger partial charge on any atom is 0.387 e. The van der Waals surface area contributed by atoms with Crippen LogP contribution in [0.25, 0.3) is 0 Å². The maximum absolute atomic E-state index is 12.7. The van der Waals surface area contributed by atoms with Gasteiger partial charge >= 0.3 is 6.61 Å². The monoisotopic (exact) mass is 396 g/mol. The third-order valence-corrected chi connectivity index (χ3v) is 4.90. The van der Waals surface area contributed by atoms with E-state index in [1.54, 1.807) is 37.2 Å². The van der Waals surface area contributed by atoms with Gasteiger partial charge in [0, 0.05) is 27.2 Å². The summed E-state index contributed by atoms with van der Waals surface area (Å²) in [6.45, 7) is 0.614. The molecule has 1 aliphatic rings. The molecular weight excluding hydrogens is 366 g/mol. The van der Waals surface area contributed by atoms with Crippen molar-refractivity contribution in [2.24, 2.45) is 10.4 Å². The Bertz CT molecular complexity index is 674. The standard InChI is InChI=1S/C20H30F2N4O2/c1-4-23-19(24-13-15-8-7-9-16(12-15)28-18(21)22)25-14-20(10-5-6-11-20)17(27)26(2)3/h7-9,12,18H,4-6,10-11,13-14H2,1-3H3,(H2,23,24,25). The molecule has 8 heteroatoms. The first kappa shape index (κ1) is 21.9. The summed E-state index contributed by atoms with van der Waals surface area (Å²) in [5.74, 6) is 0.854. The molecule has 0 atom stereocenters. The van der Waals surface area contributed by atoms with Gasteiger partial charge in [-0.2, -0.15) is 8.78 Å². The van der Waals surface area contributed by atoms with Gasteiger partial charge in [0.15, 0.2) is 5.96 Å². The van der Waals surface area contributed by atoms with Gasteiger partial charge in [0.1, 0.15) is 5.75 Å². The van der Waals surface area contributed by atoms with Crippen LogP contribution in [0.4, 0.5) is 8.78 Å². The summed E-state index contributed by atoms with van der Waals surface area (Å²) in [6.07, 6.45) is 3.82. The van der Waals surface area contributed by atoms with Crippen molar-refractivity contribution < 1.29 is 18.3 Å². The minimum Gasteiger partial charge on any atom is -0.435 e. The molecule has 6 nitrogen and oxygen atoms in total. The van der Waals surface area contributed by atoms with Gasteiger partial charge in [-0.05, 0) is 37.5 Å². The second-order valence-electron chi connectivity index (χ2n) is 7.26. The topological polar surface area (TPSA) is 66.0 Å². The molecule has 2 rings (SSSR count). The highest BCUT2D eigenvalue weighted by Crippen LogP contribution is 2.38. The highest BCUT2D eigenvalue weighted by atomic mass is 19.3. The molecule has 0 unspecified atom stereocenters. The molecule has 28 heavy (non-hydrogen) atoms. The number of benzene rings is 1. The lowest BCUT2D eigenvalue weighted by atomic mass is 9.84. The van der Waals surface area contributed by atoms with Crippen molar-refractivity contribution >= 4 is 11.9 Å². The highest BCUT2D eigenvalue weighted by molar-refractivity contribution is 5.85. The van der Waals surface area contributed by atoms with Gasteiger partial charge < -0.3 is 20.3 Å². The second kappa shape index (κ2) is 10.2. The van der Waals surface area contributed by atoms with E-state index in [1.165, 1.54) is 6.07 Å². The molecule has 1 saturated carbocycles. The Hall–Kier alpha value is -2.38. The zero-order valence-electron chi connectivity index (χ0n) is 16.8. The molecule has 0 aromatic heterocycles. The van der Waals surface area contributed by atoms with Gasteiger partial charge in [-0.1, -0.05) is 25.0 Å². The second-order valence-corrected chi connectivity index (χ2v) is 7.26. The first-order valence-corrected chi connectivity index (χ1v) is 9.64. The maximum atomic E-state index is 12.7. The fourth-order valence-corrected chi connectivity index (χ4v) is 3.58. The number of nitrogens with zero attached hydrogens (tertiary/aromatic N) is 2. The van der Waals surface area contributed by atoms with E-state index >= 15 is 0 Å². The molecule has 0 spiro atoms. The molecule has 156 valence electrons. The number of alkyl halides is 2. The summed E-state index contributed by atoms with van der Waals surface area (Å²) >= 11 is 0. The van der Waals surface area contributed by atoms with Gasteiger partial charge in [0.2, 0.25) is 5.91 Å². The van der Waals surface area contributed by atoms with Crippen molar-refractivity contribution in [3.8, 4) is 5.75 Å². The summed E-state index contributed by atoms with van der Waals surface area (Å²) in [4.78, 5) is 18.9. The van der Waals surface area contributed by atoms with Gasteiger partial charge in [-0.3, -0.25) is 4.79 Å². The van der Waals surface area contributed by atoms with E-state index in [0.717, 1.165) is 31.2 Å². The van der Waals surface area contributed by atoms with Crippen LogP contribution in [0.15, 0.2) is 29.3 Å². The number of nitrogens with one attached hydrogen (secondary N) is 2. The predicted molar refractivity (Wildman–Crippen MR) is 105 cm³/mol. The van der Waals surface area contributed by atoms with Crippen molar-refractivity contribution in [2.75, 3.05) is 27.2 Å². The van der Waals surface area contributed by atoms with Crippen LogP contribution in [0.2, 0.25) is 0 Å². The number of hydrogen-bond donors (Lipinski definition) is 2. The number of guanidine groups is 1. The molecular formula is C20H30F2N4O2. The van der Waals surface area contributed by atoms with Crippen LogP contribution in [0, 0.1) is 5.41 Å². The van der Waals surface area contributed by atoms with Crippen LogP contribution in [-0.4, -0.2) is 50.6 Å². The Morgan fingerprint density at radius 2 is 2.00 bits per heavy atom. The number of halogens is 2. The molecule has 0 saturated heterocycles. The third-order valence-electron chi connectivity index (χ3n) is 4.90. The number of aliphatic imine (C=N–C) groups is 1. The van der Waals surface area contributed by atoms with E-state index in [2.05, 4.69) is 20.4 Å². The van der Waals surface area contributed by atoms with Gasteiger partial charge in [-0.15, -0.1) is 0 Å². The number of hydrogen-bond acceptors (Lipinski definition) is 3. The first-order valence-electron chi connectivity index (χ1n) is 9.64. The fraction of sp³-hybridized carbons (Fsp3) is 0.600. The number of carbonyl (C=O) groups is 1. The van der Waals surface area contributed by atoms with Crippen LogP contribution in [-0.2, 0) is 11.3 Å². The molecule has 0 radical (unpaired) electrons. The largest absolute Gasteiger partial charge is 0.435 e.